The number of ether oxygens (including phenoxy) is 1. The Labute approximate surface area is 163 Å². The molecule has 2 aromatic carbocycles. The summed E-state index contributed by atoms with van der Waals surface area (Å²) in [6.07, 6.45) is 4.24. The number of para-hydroxylation sites is 1. The van der Waals surface area contributed by atoms with Crippen molar-refractivity contribution in [1.82, 2.24) is 15.6 Å². The zero-order valence-corrected chi connectivity index (χ0v) is 15.7. The highest BCUT2D eigenvalue weighted by molar-refractivity contribution is 5.97. The predicted molar refractivity (Wildman–Crippen MR) is 109 cm³/mol. The second-order valence-corrected chi connectivity index (χ2v) is 6.26. The number of nitriles is 1. The van der Waals surface area contributed by atoms with E-state index >= 15 is 0 Å². The SMILES string of the molecule is COc1ccc(CNC(=O)/C(C#N)=C\NCCc2c[nH]c3ccccc23)cc1. The molecule has 3 rings (SSSR count). The lowest BCUT2D eigenvalue weighted by atomic mass is 10.1. The minimum Gasteiger partial charge on any atom is -0.497 e. The maximum absolute atomic E-state index is 12.2. The van der Waals surface area contributed by atoms with Crippen molar-refractivity contribution in [1.29, 1.82) is 5.26 Å². The van der Waals surface area contributed by atoms with Gasteiger partial charge >= 0.3 is 0 Å². The largest absolute Gasteiger partial charge is 0.497 e. The molecule has 142 valence electrons. The highest BCUT2D eigenvalue weighted by atomic mass is 16.5. The Balaban J connectivity index is 1.50. The summed E-state index contributed by atoms with van der Waals surface area (Å²) < 4.78 is 5.11. The number of hydrogen-bond donors (Lipinski definition) is 3. The van der Waals surface area contributed by atoms with Crippen LogP contribution in [0.25, 0.3) is 10.9 Å². The first-order valence-electron chi connectivity index (χ1n) is 9.01. The molecule has 0 fully saturated rings. The summed E-state index contributed by atoms with van der Waals surface area (Å²) in [4.78, 5) is 15.4. The number of fused-ring (bicyclic) bond motifs is 1. The highest BCUT2D eigenvalue weighted by Gasteiger charge is 2.08. The molecule has 0 bridgehead atoms. The van der Waals surface area contributed by atoms with Gasteiger partial charge in [-0.2, -0.15) is 5.26 Å². The third kappa shape index (κ3) is 4.71. The molecule has 0 saturated carbocycles. The zero-order valence-electron chi connectivity index (χ0n) is 15.7. The van der Waals surface area contributed by atoms with Crippen LogP contribution in [0.2, 0.25) is 0 Å². The molecule has 28 heavy (non-hydrogen) atoms. The van der Waals surface area contributed by atoms with Crippen LogP contribution in [0, 0.1) is 11.3 Å². The minimum absolute atomic E-state index is 0.0486. The van der Waals surface area contributed by atoms with Crippen LogP contribution in [0.3, 0.4) is 0 Å². The normalized spacial score (nSPS) is 11.1. The summed E-state index contributed by atoms with van der Waals surface area (Å²) in [6.45, 7) is 0.968. The lowest BCUT2D eigenvalue weighted by Gasteiger charge is -2.06. The fourth-order valence-electron chi connectivity index (χ4n) is 2.89. The number of hydrogen-bond acceptors (Lipinski definition) is 4. The van der Waals surface area contributed by atoms with Gasteiger partial charge in [0.05, 0.1) is 7.11 Å². The van der Waals surface area contributed by atoms with Gasteiger partial charge in [-0.3, -0.25) is 4.79 Å². The molecule has 0 atom stereocenters. The second-order valence-electron chi connectivity index (χ2n) is 6.26. The standard InChI is InChI=1S/C22H22N4O2/c1-28-19-8-6-16(7-9-19)13-26-22(27)18(12-23)14-24-11-10-17-15-25-21-5-3-2-4-20(17)21/h2-9,14-15,24-25H,10-11,13H2,1H3,(H,26,27)/b18-14-. The Morgan fingerprint density at radius 1 is 1.21 bits per heavy atom. The average molecular weight is 374 g/mol. The van der Waals surface area contributed by atoms with E-state index in [0.29, 0.717) is 13.1 Å². The van der Waals surface area contributed by atoms with Crippen molar-refractivity contribution in [2.45, 2.75) is 13.0 Å². The van der Waals surface area contributed by atoms with Crippen molar-refractivity contribution in [2.75, 3.05) is 13.7 Å². The number of rotatable bonds is 8. The van der Waals surface area contributed by atoms with E-state index in [1.165, 1.54) is 17.1 Å². The molecule has 3 aromatic rings. The topological polar surface area (TPSA) is 89.9 Å². The number of aromatic amines is 1. The second kappa shape index (κ2) is 9.28. The zero-order chi connectivity index (χ0) is 19.8. The van der Waals surface area contributed by atoms with E-state index in [-0.39, 0.29) is 5.57 Å². The van der Waals surface area contributed by atoms with Crippen molar-refractivity contribution in [3.8, 4) is 11.8 Å². The monoisotopic (exact) mass is 374 g/mol. The van der Waals surface area contributed by atoms with E-state index in [0.717, 1.165) is 23.3 Å². The van der Waals surface area contributed by atoms with Gasteiger partial charge in [-0.25, -0.2) is 0 Å². The van der Waals surface area contributed by atoms with Crippen LogP contribution >= 0.6 is 0 Å². The van der Waals surface area contributed by atoms with Gasteiger partial charge < -0.3 is 20.4 Å². The Bertz CT molecular complexity index is 1010. The molecule has 0 spiro atoms. The fourth-order valence-corrected chi connectivity index (χ4v) is 2.89. The van der Waals surface area contributed by atoms with Gasteiger partial charge in [-0.15, -0.1) is 0 Å². The van der Waals surface area contributed by atoms with E-state index in [1.54, 1.807) is 7.11 Å². The predicted octanol–water partition coefficient (Wildman–Crippen LogP) is 3.03. The summed E-state index contributed by atoms with van der Waals surface area (Å²) in [5, 5.41) is 16.2. The molecule has 6 heteroatoms. The van der Waals surface area contributed by atoms with Crippen LogP contribution in [0.5, 0.6) is 5.75 Å². The lowest BCUT2D eigenvalue weighted by Crippen LogP contribution is -2.25. The summed E-state index contributed by atoms with van der Waals surface area (Å²) in [7, 11) is 1.60. The third-order valence-electron chi connectivity index (χ3n) is 4.44. The molecule has 0 aliphatic heterocycles. The first-order valence-corrected chi connectivity index (χ1v) is 9.01. The summed E-state index contributed by atoms with van der Waals surface area (Å²) >= 11 is 0. The van der Waals surface area contributed by atoms with Crippen molar-refractivity contribution >= 4 is 16.8 Å². The molecule has 0 saturated heterocycles. The van der Waals surface area contributed by atoms with Crippen LogP contribution in [0.1, 0.15) is 11.1 Å². The van der Waals surface area contributed by atoms with E-state index in [9.17, 15) is 10.1 Å². The van der Waals surface area contributed by atoms with Gasteiger partial charge in [-0.1, -0.05) is 30.3 Å². The van der Waals surface area contributed by atoms with Gasteiger partial charge in [0.25, 0.3) is 5.91 Å². The van der Waals surface area contributed by atoms with E-state index < -0.39 is 5.91 Å². The Morgan fingerprint density at radius 3 is 2.75 bits per heavy atom. The molecule has 1 amide bonds. The number of nitrogens with one attached hydrogen (secondary N) is 3. The number of benzene rings is 2. The third-order valence-corrected chi connectivity index (χ3v) is 4.44. The maximum atomic E-state index is 12.2. The average Bonchev–Trinajstić information content (AvgIpc) is 3.15. The number of methoxy groups -OCH3 is 1. The van der Waals surface area contributed by atoms with Crippen LogP contribution in [0.15, 0.2) is 66.5 Å². The summed E-state index contributed by atoms with van der Waals surface area (Å²) in [5.41, 5.74) is 3.27. The number of nitrogens with zero attached hydrogens (tertiary/aromatic N) is 1. The lowest BCUT2D eigenvalue weighted by molar-refractivity contribution is -0.117. The molecule has 3 N–H and O–H groups in total. The molecular formula is C22H22N4O2. The van der Waals surface area contributed by atoms with Gasteiger partial charge in [0.1, 0.15) is 17.4 Å². The smallest absolute Gasteiger partial charge is 0.263 e. The summed E-state index contributed by atoms with van der Waals surface area (Å²) in [6, 6.07) is 17.4. The molecule has 1 aromatic heterocycles. The molecule has 6 nitrogen and oxygen atoms in total. The first kappa shape index (κ1) is 19.1. The first-order chi connectivity index (χ1) is 13.7. The number of H-pyrrole nitrogens is 1. The van der Waals surface area contributed by atoms with E-state index in [4.69, 9.17) is 4.74 Å². The van der Waals surface area contributed by atoms with E-state index in [2.05, 4.69) is 21.7 Å². The summed E-state index contributed by atoms with van der Waals surface area (Å²) in [5.74, 6) is 0.352. The molecule has 0 unspecified atom stereocenters. The fraction of sp³-hybridized carbons (Fsp3) is 0.182. The van der Waals surface area contributed by atoms with Gasteiger partial charge in [0.2, 0.25) is 0 Å². The van der Waals surface area contributed by atoms with Gasteiger partial charge in [0, 0.05) is 36.4 Å². The number of carbonyl (C=O) groups is 1. The molecule has 0 aliphatic carbocycles. The van der Waals surface area contributed by atoms with Crippen molar-refractivity contribution in [3.05, 3.63) is 77.6 Å². The van der Waals surface area contributed by atoms with Crippen LogP contribution in [0.4, 0.5) is 0 Å². The number of aromatic nitrogens is 1. The van der Waals surface area contributed by atoms with Crippen LogP contribution in [-0.4, -0.2) is 24.5 Å². The molecule has 0 aliphatic rings. The Morgan fingerprint density at radius 2 is 2.00 bits per heavy atom. The quantitative estimate of drug-likeness (QED) is 0.321. The van der Waals surface area contributed by atoms with Crippen LogP contribution < -0.4 is 15.4 Å². The number of carbonyl (C=O) groups excluding carboxylic acids is 1. The maximum Gasteiger partial charge on any atom is 0.263 e. The van der Waals surface area contributed by atoms with Crippen molar-refractivity contribution in [3.63, 3.8) is 0 Å². The Hall–Kier alpha value is -3.72. The number of amides is 1. The molecular weight excluding hydrogens is 352 g/mol. The van der Waals surface area contributed by atoms with E-state index in [1.807, 2.05) is 54.7 Å². The molecule has 0 radical (unpaired) electrons. The molecule has 1 heterocycles. The van der Waals surface area contributed by atoms with Gasteiger partial charge in [-0.05, 0) is 35.7 Å². The van der Waals surface area contributed by atoms with Crippen molar-refractivity contribution < 1.29 is 9.53 Å². The van der Waals surface area contributed by atoms with Gasteiger partial charge in [0.15, 0.2) is 0 Å². The minimum atomic E-state index is -0.405. The van der Waals surface area contributed by atoms with Crippen molar-refractivity contribution in [2.24, 2.45) is 0 Å². The Kier molecular flexibility index (Phi) is 6.32. The highest BCUT2D eigenvalue weighted by Crippen LogP contribution is 2.17. The van der Waals surface area contributed by atoms with Crippen LogP contribution in [-0.2, 0) is 17.8 Å².